The second-order valence-corrected chi connectivity index (χ2v) is 5.51. The summed E-state index contributed by atoms with van der Waals surface area (Å²) in [7, 11) is 8.18. The van der Waals surface area contributed by atoms with E-state index < -0.39 is 0 Å². The average Bonchev–Trinajstić information content (AvgIpc) is 2.39. The fourth-order valence-electron chi connectivity index (χ4n) is 2.86. The molecule has 106 valence electrons. The van der Waals surface area contributed by atoms with Gasteiger partial charge >= 0.3 is 0 Å². The van der Waals surface area contributed by atoms with E-state index in [2.05, 4.69) is 54.5 Å². The summed E-state index contributed by atoms with van der Waals surface area (Å²) >= 11 is 0. The van der Waals surface area contributed by atoms with Crippen molar-refractivity contribution in [1.29, 1.82) is 0 Å². The molecule has 1 aromatic carbocycles. The average molecular weight is 263 g/mol. The molecule has 4 nitrogen and oxygen atoms in total. The lowest BCUT2D eigenvalue weighted by atomic mass is 9.96. The van der Waals surface area contributed by atoms with Gasteiger partial charge in [0.15, 0.2) is 0 Å². The molecule has 1 N–H and O–H groups in total. The fourth-order valence-corrected chi connectivity index (χ4v) is 2.86. The van der Waals surface area contributed by atoms with E-state index in [1.54, 1.807) is 7.11 Å². The summed E-state index contributed by atoms with van der Waals surface area (Å²) in [5.41, 5.74) is 1.30. The van der Waals surface area contributed by atoms with Gasteiger partial charge in [-0.1, -0.05) is 12.1 Å². The number of piperazine rings is 1. The molecule has 4 heteroatoms. The molecule has 0 aromatic heterocycles. The van der Waals surface area contributed by atoms with Gasteiger partial charge < -0.3 is 19.9 Å². The summed E-state index contributed by atoms with van der Waals surface area (Å²) in [6, 6.07) is 9.19. The maximum absolute atomic E-state index is 5.34. The highest BCUT2D eigenvalue weighted by Crippen LogP contribution is 2.26. The molecule has 1 saturated heterocycles. The van der Waals surface area contributed by atoms with Crippen molar-refractivity contribution in [3.8, 4) is 5.75 Å². The van der Waals surface area contributed by atoms with E-state index >= 15 is 0 Å². The fraction of sp³-hybridized carbons (Fsp3) is 0.600. The van der Waals surface area contributed by atoms with E-state index in [1.165, 1.54) is 5.56 Å². The largest absolute Gasteiger partial charge is 0.497 e. The molecule has 2 unspecified atom stereocenters. The zero-order valence-corrected chi connectivity index (χ0v) is 12.4. The number of benzene rings is 1. The van der Waals surface area contributed by atoms with Crippen molar-refractivity contribution >= 4 is 0 Å². The monoisotopic (exact) mass is 263 g/mol. The molecule has 0 saturated carbocycles. The number of methoxy groups -OCH3 is 1. The summed E-state index contributed by atoms with van der Waals surface area (Å²) in [6.45, 7) is 3.24. The van der Waals surface area contributed by atoms with E-state index in [-0.39, 0.29) is 0 Å². The molecule has 1 aliphatic rings. The van der Waals surface area contributed by atoms with Crippen molar-refractivity contribution in [2.45, 2.75) is 12.1 Å². The predicted molar refractivity (Wildman–Crippen MR) is 78.7 cm³/mol. The lowest BCUT2D eigenvalue weighted by Crippen LogP contribution is -2.54. The Kier molecular flexibility index (Phi) is 4.80. The molecule has 0 aliphatic carbocycles. The standard InChI is InChI=1S/C15H25N3O/c1-17(2)15(14-11-18(3)9-8-16-14)12-6-5-7-13(10-12)19-4/h5-7,10,14-16H,8-9,11H2,1-4H3. The first kappa shape index (κ1) is 14.3. The van der Waals surface area contributed by atoms with Gasteiger partial charge in [-0.25, -0.2) is 0 Å². The van der Waals surface area contributed by atoms with Crippen LogP contribution in [-0.2, 0) is 0 Å². The Morgan fingerprint density at radius 2 is 2.21 bits per heavy atom. The van der Waals surface area contributed by atoms with Crippen LogP contribution in [0.5, 0.6) is 5.75 Å². The van der Waals surface area contributed by atoms with E-state index in [1.807, 2.05) is 6.07 Å². The number of nitrogens with one attached hydrogen (secondary N) is 1. The van der Waals surface area contributed by atoms with Gasteiger partial charge in [0.1, 0.15) is 5.75 Å². The summed E-state index contributed by atoms with van der Waals surface area (Å²) in [5, 5.41) is 3.64. The first-order chi connectivity index (χ1) is 9.11. The number of ether oxygens (including phenoxy) is 1. The van der Waals surface area contributed by atoms with Gasteiger partial charge in [0, 0.05) is 25.7 Å². The van der Waals surface area contributed by atoms with E-state index in [4.69, 9.17) is 4.74 Å². The van der Waals surface area contributed by atoms with Crippen LogP contribution in [-0.4, -0.2) is 63.7 Å². The molecule has 2 atom stereocenters. The topological polar surface area (TPSA) is 27.7 Å². The smallest absolute Gasteiger partial charge is 0.119 e. The molecule has 1 aliphatic heterocycles. The first-order valence-electron chi connectivity index (χ1n) is 6.84. The molecule has 1 heterocycles. The van der Waals surface area contributed by atoms with Gasteiger partial charge in [-0.15, -0.1) is 0 Å². The van der Waals surface area contributed by atoms with Crippen molar-refractivity contribution in [3.05, 3.63) is 29.8 Å². The number of hydrogen-bond donors (Lipinski definition) is 1. The second-order valence-electron chi connectivity index (χ2n) is 5.51. The highest BCUT2D eigenvalue weighted by Gasteiger charge is 2.28. The maximum Gasteiger partial charge on any atom is 0.119 e. The molecule has 1 aromatic rings. The Balaban J connectivity index is 2.23. The molecule has 0 bridgehead atoms. The van der Waals surface area contributed by atoms with Crippen molar-refractivity contribution < 1.29 is 4.74 Å². The Labute approximate surface area is 116 Å². The Bertz CT molecular complexity index is 408. The van der Waals surface area contributed by atoms with Crippen LogP contribution in [0.15, 0.2) is 24.3 Å². The van der Waals surface area contributed by atoms with Crippen molar-refractivity contribution in [2.75, 3.05) is 47.9 Å². The van der Waals surface area contributed by atoms with Crippen LogP contribution in [0.2, 0.25) is 0 Å². The highest BCUT2D eigenvalue weighted by atomic mass is 16.5. The van der Waals surface area contributed by atoms with Gasteiger partial charge in [0.25, 0.3) is 0 Å². The zero-order valence-electron chi connectivity index (χ0n) is 12.4. The normalized spacial score (nSPS) is 22.5. The van der Waals surface area contributed by atoms with E-state index in [0.29, 0.717) is 12.1 Å². The lowest BCUT2D eigenvalue weighted by molar-refractivity contribution is 0.154. The molecule has 2 rings (SSSR count). The van der Waals surface area contributed by atoms with E-state index in [0.717, 1.165) is 25.4 Å². The molecular weight excluding hydrogens is 238 g/mol. The predicted octanol–water partition coefficient (Wildman–Crippen LogP) is 1.20. The van der Waals surface area contributed by atoms with Crippen molar-refractivity contribution in [1.82, 2.24) is 15.1 Å². The molecule has 0 radical (unpaired) electrons. The van der Waals surface area contributed by atoms with Gasteiger partial charge in [-0.3, -0.25) is 0 Å². The number of nitrogens with zero attached hydrogens (tertiary/aromatic N) is 2. The third-order valence-corrected chi connectivity index (χ3v) is 3.78. The third-order valence-electron chi connectivity index (χ3n) is 3.78. The van der Waals surface area contributed by atoms with Crippen LogP contribution in [0.4, 0.5) is 0 Å². The Hall–Kier alpha value is -1.10. The third kappa shape index (κ3) is 3.47. The van der Waals surface area contributed by atoms with Crippen LogP contribution in [0.1, 0.15) is 11.6 Å². The second kappa shape index (κ2) is 6.37. The first-order valence-corrected chi connectivity index (χ1v) is 6.84. The summed E-state index contributed by atoms with van der Waals surface area (Å²) < 4.78 is 5.34. The maximum atomic E-state index is 5.34. The van der Waals surface area contributed by atoms with Crippen LogP contribution in [0.3, 0.4) is 0 Å². The van der Waals surface area contributed by atoms with Crippen molar-refractivity contribution in [2.24, 2.45) is 0 Å². The SMILES string of the molecule is COc1cccc(C(C2CN(C)CCN2)N(C)C)c1. The van der Waals surface area contributed by atoms with Gasteiger partial charge in [-0.05, 0) is 38.8 Å². The van der Waals surface area contributed by atoms with Crippen LogP contribution >= 0.6 is 0 Å². The molecule has 19 heavy (non-hydrogen) atoms. The minimum Gasteiger partial charge on any atom is -0.497 e. The minimum absolute atomic E-state index is 0.359. The molecule has 1 fully saturated rings. The summed E-state index contributed by atoms with van der Waals surface area (Å²) in [4.78, 5) is 4.67. The minimum atomic E-state index is 0.359. The van der Waals surface area contributed by atoms with Crippen molar-refractivity contribution in [3.63, 3.8) is 0 Å². The Morgan fingerprint density at radius 3 is 2.84 bits per heavy atom. The summed E-state index contributed by atoms with van der Waals surface area (Å²) in [5.74, 6) is 0.925. The van der Waals surface area contributed by atoms with E-state index in [9.17, 15) is 0 Å². The van der Waals surface area contributed by atoms with Crippen LogP contribution in [0.25, 0.3) is 0 Å². The van der Waals surface area contributed by atoms with Gasteiger partial charge in [0.05, 0.1) is 13.2 Å². The number of likely N-dealkylation sites (N-methyl/N-ethyl adjacent to an activating group) is 2. The van der Waals surface area contributed by atoms with Gasteiger partial charge in [0.2, 0.25) is 0 Å². The zero-order chi connectivity index (χ0) is 13.8. The molecular formula is C15H25N3O. The van der Waals surface area contributed by atoms with Crippen LogP contribution < -0.4 is 10.1 Å². The number of hydrogen-bond acceptors (Lipinski definition) is 4. The van der Waals surface area contributed by atoms with Gasteiger partial charge in [-0.2, -0.15) is 0 Å². The lowest BCUT2D eigenvalue weighted by Gasteiger charge is -2.39. The Morgan fingerprint density at radius 1 is 1.42 bits per heavy atom. The molecule has 0 spiro atoms. The van der Waals surface area contributed by atoms with Crippen LogP contribution in [0, 0.1) is 0 Å². The highest BCUT2D eigenvalue weighted by molar-refractivity contribution is 5.31. The quantitative estimate of drug-likeness (QED) is 0.883. The molecule has 0 amide bonds. The number of rotatable bonds is 4. The summed E-state index contributed by atoms with van der Waals surface area (Å²) in [6.07, 6.45) is 0.